The number of ether oxygens (including phenoxy) is 1. The Kier molecular flexibility index (Phi) is 13.6. The van der Waals surface area contributed by atoms with Gasteiger partial charge in [0.1, 0.15) is 11.5 Å². The van der Waals surface area contributed by atoms with E-state index in [-0.39, 0.29) is 13.5 Å². The Labute approximate surface area is 528 Å². The lowest BCUT2D eigenvalue weighted by Gasteiger charge is -2.16. The van der Waals surface area contributed by atoms with Gasteiger partial charge in [-0.1, -0.05) is 212 Å². The molecule has 3 aromatic heterocycles. The third kappa shape index (κ3) is 9.55. The van der Waals surface area contributed by atoms with Crippen molar-refractivity contribution in [2.45, 2.75) is 12.8 Å². The fraction of sp³-hybridized carbons (Fsp3) is 0.0238. The van der Waals surface area contributed by atoms with Crippen LogP contribution in [-0.4, -0.2) is 9.13 Å². The van der Waals surface area contributed by atoms with Crippen LogP contribution >= 0.6 is 24.8 Å². The van der Waals surface area contributed by atoms with Crippen molar-refractivity contribution < 1.29 is 4.74 Å². The quantitative estimate of drug-likeness (QED) is 0.126. The van der Waals surface area contributed by atoms with Gasteiger partial charge in [0.2, 0.25) is 0 Å². The molecule has 3 heterocycles. The van der Waals surface area contributed by atoms with Crippen molar-refractivity contribution in [3.05, 3.63) is 320 Å². The lowest BCUT2D eigenvalue weighted by Crippen LogP contribution is -1.93. The summed E-state index contributed by atoms with van der Waals surface area (Å²) in [6.07, 6.45) is 6.90. The number of benzene rings is 13. The maximum atomic E-state index is 7.10. The van der Waals surface area contributed by atoms with Crippen molar-refractivity contribution >= 4 is 84.6 Å². The number of aryl methyl sites for hydroxylation is 1. The molecule has 1 aliphatic carbocycles. The van der Waals surface area contributed by atoms with E-state index in [1.54, 1.807) is 0 Å². The van der Waals surface area contributed by atoms with Gasteiger partial charge in [-0.05, 0) is 194 Å². The highest BCUT2D eigenvalue weighted by atomic mass is 32.1. The molecule has 89 heavy (non-hydrogen) atoms. The van der Waals surface area contributed by atoms with Crippen LogP contribution < -0.4 is 4.74 Å². The van der Waals surface area contributed by atoms with Crippen LogP contribution in [0.1, 0.15) is 16.9 Å². The summed E-state index contributed by atoms with van der Waals surface area (Å²) in [5, 5.41) is 6.08. The van der Waals surface area contributed by atoms with Gasteiger partial charge in [0.15, 0.2) is 0 Å². The zero-order chi connectivity index (χ0) is 58.1. The van der Waals surface area contributed by atoms with Crippen molar-refractivity contribution in [3.8, 4) is 101 Å². The number of rotatable bonds is 11. The Balaban J connectivity index is 0.00000636. The maximum Gasteiger partial charge on any atom is 0.135 e. The zero-order valence-corrected chi connectivity index (χ0v) is 50.5. The smallest absolute Gasteiger partial charge is 0.135 e. The minimum Gasteiger partial charge on any atom is -0.457 e. The van der Waals surface area contributed by atoms with Crippen LogP contribution in [0.5, 0.6) is 11.5 Å². The number of nitrogens with zero attached hydrogens (tertiary/aromatic N) is 2. The summed E-state index contributed by atoms with van der Waals surface area (Å²) in [6.45, 7) is 0. The van der Waals surface area contributed by atoms with Crippen LogP contribution in [-0.2, 0) is 6.42 Å². The maximum absolute atomic E-state index is 7.10. The first-order chi connectivity index (χ1) is 43.6. The Morgan fingerprint density at radius 1 is 0.303 bits per heavy atom. The van der Waals surface area contributed by atoms with Gasteiger partial charge in [0.05, 0.1) is 22.1 Å². The predicted molar refractivity (Wildman–Crippen MR) is 383 cm³/mol. The van der Waals surface area contributed by atoms with Crippen molar-refractivity contribution in [3.63, 3.8) is 0 Å². The van der Waals surface area contributed by atoms with E-state index >= 15 is 0 Å². The average Bonchev–Trinajstić information content (AvgIpc) is 1.87. The van der Waals surface area contributed by atoms with E-state index in [1.807, 2.05) is 11.3 Å². The Bertz CT molecular complexity index is 5400. The first kappa shape index (κ1) is 53.8. The highest BCUT2D eigenvalue weighted by Crippen LogP contribution is 2.45. The second-order valence-corrected chi connectivity index (χ2v) is 24.2. The minimum absolute atomic E-state index is 0. The predicted octanol–water partition coefficient (Wildman–Crippen LogP) is 23.6. The molecule has 0 bridgehead atoms. The second kappa shape index (κ2) is 22.5. The molecule has 0 amide bonds. The van der Waals surface area contributed by atoms with E-state index in [0.717, 1.165) is 90.9 Å². The molecule has 0 radical (unpaired) electrons. The van der Waals surface area contributed by atoms with Crippen LogP contribution in [0.3, 0.4) is 0 Å². The van der Waals surface area contributed by atoms with E-state index in [1.165, 1.54) is 86.8 Å². The van der Waals surface area contributed by atoms with E-state index in [2.05, 4.69) is 325 Å². The van der Waals surface area contributed by atoms with Gasteiger partial charge in [-0.2, -0.15) is 13.5 Å². The monoisotopic (exact) mass is 1170 g/mol. The lowest BCUT2D eigenvalue weighted by atomic mass is 9.91. The Morgan fingerprint density at radius 2 is 0.719 bits per heavy atom. The molecule has 1 aliphatic rings. The molecule has 5 heteroatoms. The summed E-state index contributed by atoms with van der Waals surface area (Å²) in [5.41, 5.74) is 24.6. The molecule has 0 atom stereocenters. The molecule has 3 nitrogen and oxygen atoms in total. The van der Waals surface area contributed by atoms with Crippen LogP contribution in [0.2, 0.25) is 0 Å². The van der Waals surface area contributed by atoms with Crippen molar-refractivity contribution in [2.75, 3.05) is 0 Å². The zero-order valence-electron chi connectivity index (χ0n) is 48.6. The van der Waals surface area contributed by atoms with Gasteiger partial charge >= 0.3 is 0 Å². The third-order valence-electron chi connectivity index (χ3n) is 17.9. The molecule has 422 valence electrons. The highest BCUT2D eigenvalue weighted by Gasteiger charge is 2.21. The van der Waals surface area contributed by atoms with E-state index in [4.69, 9.17) is 4.74 Å². The van der Waals surface area contributed by atoms with Crippen molar-refractivity contribution in [1.82, 2.24) is 9.13 Å². The third-order valence-corrected chi connectivity index (χ3v) is 19.1. The van der Waals surface area contributed by atoms with Gasteiger partial charge < -0.3 is 13.9 Å². The number of hydrogen-bond acceptors (Lipinski definition) is 2. The number of thiophene rings is 1. The fourth-order valence-electron chi connectivity index (χ4n) is 13.7. The summed E-state index contributed by atoms with van der Waals surface area (Å²) in [6, 6.07) is 110. The van der Waals surface area contributed by atoms with E-state index in [0.29, 0.717) is 0 Å². The first-order valence-electron chi connectivity index (χ1n) is 30.3. The molecule has 17 rings (SSSR count). The largest absolute Gasteiger partial charge is 0.457 e. The summed E-state index contributed by atoms with van der Waals surface area (Å²) in [7, 11) is 0. The Morgan fingerprint density at radius 3 is 1.33 bits per heavy atom. The topological polar surface area (TPSA) is 19.1 Å². The minimum atomic E-state index is 0. The molecule has 0 fully saturated rings. The molecule has 0 saturated heterocycles. The van der Waals surface area contributed by atoms with Crippen LogP contribution in [0.25, 0.3) is 149 Å². The molecule has 0 N–H and O–H groups in total. The molecular weight excluding hydrogens is 1120 g/mol. The summed E-state index contributed by atoms with van der Waals surface area (Å²) >= 11 is 1.95. The van der Waals surface area contributed by atoms with Crippen molar-refractivity contribution in [1.29, 1.82) is 0 Å². The van der Waals surface area contributed by atoms with Gasteiger partial charge in [-0.15, -0.1) is 11.3 Å². The number of hydrogen-bond donors (Lipinski definition) is 0. The molecular formula is C84H58N2OS2. The molecule has 0 aliphatic heterocycles. The summed E-state index contributed by atoms with van der Waals surface area (Å²) in [4.78, 5) is 1.50. The van der Waals surface area contributed by atoms with Gasteiger partial charge in [0, 0.05) is 53.4 Å². The van der Waals surface area contributed by atoms with E-state index < -0.39 is 0 Å². The normalized spacial score (nSPS) is 12.0. The molecule has 13 aromatic carbocycles. The number of allylic oxidation sites excluding steroid dienone is 1. The van der Waals surface area contributed by atoms with Crippen molar-refractivity contribution in [2.24, 2.45) is 0 Å². The number of fused-ring (bicyclic) bond motifs is 9. The fourth-order valence-corrected chi connectivity index (χ4v) is 14.8. The van der Waals surface area contributed by atoms with Gasteiger partial charge in [0.25, 0.3) is 0 Å². The molecule has 0 unspecified atom stereocenters. The SMILES string of the molecule is C1=Cc2c(sc3ccc(-c4ccc5c(c4)c4cc(-c6ccc7c(c6)c6cc(Oc8ccccc8-c8ccccc8-c8ccc(-c9cccc(-c%10ccccc%10-c%10ccccc%10)c9)cc8)ccc6n7-c6ccccc6)ccc4n5-c4ccccc4)cc23)CC1.S. The van der Waals surface area contributed by atoms with Crippen LogP contribution in [0.15, 0.2) is 309 Å². The summed E-state index contributed by atoms with van der Waals surface area (Å²) in [5.74, 6) is 1.56. The molecule has 0 saturated carbocycles. The average molecular weight is 1180 g/mol. The Hall–Kier alpha value is -10.7. The molecule has 0 spiro atoms. The standard InChI is InChI=1S/C84H56N2OS.H2S/c1-4-19-56(20-5-1)67-27-10-11-29-69(67)63-22-18-21-58(49-63)55-35-37-57(38-36-55)68-28-12-13-30-70(68)71-31-14-16-33-82(71)87-66-43-47-81-76(54-66)75-52-60(40-46-80(75)86(81)65-25-8-3-9-26-65)59-39-44-78-73(50-59)74-51-61(41-45-79(74)85(78)64-23-6-2-7-24-64)62-42-48-84-77(53-62)72-32-15-17-34-83(72)88-84;/h1-16,18-33,35-54H,17,34H2;1H2. The van der Waals surface area contributed by atoms with Gasteiger partial charge in [-0.25, -0.2) is 0 Å². The van der Waals surface area contributed by atoms with Gasteiger partial charge in [-0.3, -0.25) is 0 Å². The number of para-hydroxylation sites is 3. The molecule has 16 aromatic rings. The van der Waals surface area contributed by atoms with E-state index in [9.17, 15) is 0 Å². The second-order valence-electron chi connectivity index (χ2n) is 23.0. The number of aromatic nitrogens is 2. The first-order valence-corrected chi connectivity index (χ1v) is 31.2. The lowest BCUT2D eigenvalue weighted by molar-refractivity contribution is 0.485. The van der Waals surface area contributed by atoms with Crippen LogP contribution in [0, 0.1) is 0 Å². The summed E-state index contributed by atoms with van der Waals surface area (Å²) < 4.78 is 13.3. The highest BCUT2D eigenvalue weighted by molar-refractivity contribution is 7.59. The van der Waals surface area contributed by atoms with Crippen LogP contribution in [0.4, 0.5) is 0 Å².